The summed E-state index contributed by atoms with van der Waals surface area (Å²) in [6, 6.07) is 7.60. The summed E-state index contributed by atoms with van der Waals surface area (Å²) in [7, 11) is 0. The van der Waals surface area contributed by atoms with Gasteiger partial charge >= 0.3 is 0 Å². The number of aromatic nitrogens is 4. The van der Waals surface area contributed by atoms with Gasteiger partial charge in [-0.05, 0) is 42.9 Å². The van der Waals surface area contributed by atoms with Crippen molar-refractivity contribution in [2.24, 2.45) is 0 Å². The van der Waals surface area contributed by atoms with Crippen molar-refractivity contribution in [2.45, 2.75) is 13.3 Å². The standard InChI is InChI=1S/C10H12N4OS/c1-2-7-15-9-5-3-8(4-6-9)14-10(16)11-12-13-14/h3-6H,2,7H2,1H3,(H,11,13,16). The van der Waals surface area contributed by atoms with Crippen LogP contribution in [0.4, 0.5) is 0 Å². The summed E-state index contributed by atoms with van der Waals surface area (Å²) in [6.07, 6.45) is 0.997. The molecule has 1 aromatic carbocycles. The third-order valence-corrected chi connectivity index (χ3v) is 2.30. The van der Waals surface area contributed by atoms with Crippen molar-refractivity contribution in [3.63, 3.8) is 0 Å². The maximum absolute atomic E-state index is 5.48. The second kappa shape index (κ2) is 4.89. The first-order valence-electron chi connectivity index (χ1n) is 5.04. The van der Waals surface area contributed by atoms with E-state index < -0.39 is 0 Å². The zero-order chi connectivity index (χ0) is 11.4. The topological polar surface area (TPSA) is 55.7 Å². The third kappa shape index (κ3) is 2.27. The highest BCUT2D eigenvalue weighted by Crippen LogP contribution is 2.14. The highest BCUT2D eigenvalue weighted by atomic mass is 32.1. The van der Waals surface area contributed by atoms with E-state index in [-0.39, 0.29) is 0 Å². The van der Waals surface area contributed by atoms with Crippen LogP contribution < -0.4 is 4.74 Å². The van der Waals surface area contributed by atoms with Gasteiger partial charge in [0.25, 0.3) is 0 Å². The molecule has 0 saturated heterocycles. The normalized spacial score (nSPS) is 10.3. The third-order valence-electron chi connectivity index (χ3n) is 2.04. The van der Waals surface area contributed by atoms with Gasteiger partial charge in [0, 0.05) is 0 Å². The maximum atomic E-state index is 5.48. The molecule has 2 rings (SSSR count). The lowest BCUT2D eigenvalue weighted by atomic mass is 10.3. The van der Waals surface area contributed by atoms with Gasteiger partial charge < -0.3 is 4.74 Å². The van der Waals surface area contributed by atoms with Crippen LogP contribution in [0.1, 0.15) is 13.3 Å². The molecule has 2 aromatic rings. The Morgan fingerprint density at radius 1 is 1.38 bits per heavy atom. The fourth-order valence-corrected chi connectivity index (χ4v) is 1.46. The SMILES string of the molecule is CCCOc1ccc(-n2[nH]nnc2=S)cc1. The van der Waals surface area contributed by atoms with E-state index in [0.29, 0.717) is 4.77 Å². The first-order chi connectivity index (χ1) is 7.81. The van der Waals surface area contributed by atoms with Crippen LogP contribution in [-0.4, -0.2) is 26.8 Å². The first kappa shape index (κ1) is 10.8. The molecular formula is C10H12N4OS. The maximum Gasteiger partial charge on any atom is 0.242 e. The molecular weight excluding hydrogens is 224 g/mol. The fraction of sp³-hybridized carbons (Fsp3) is 0.300. The Labute approximate surface area is 98.0 Å². The number of hydrogen-bond acceptors (Lipinski definition) is 4. The summed E-state index contributed by atoms with van der Waals surface area (Å²) in [5.41, 5.74) is 0.888. The van der Waals surface area contributed by atoms with Crippen LogP contribution in [0.25, 0.3) is 5.69 Å². The van der Waals surface area contributed by atoms with Crippen LogP contribution in [0.2, 0.25) is 0 Å². The van der Waals surface area contributed by atoms with E-state index in [0.717, 1.165) is 24.5 Å². The number of aromatic amines is 1. The van der Waals surface area contributed by atoms with Crippen LogP contribution in [0.3, 0.4) is 0 Å². The highest BCUT2D eigenvalue weighted by molar-refractivity contribution is 7.71. The van der Waals surface area contributed by atoms with E-state index in [9.17, 15) is 0 Å². The van der Waals surface area contributed by atoms with Crippen molar-refractivity contribution in [2.75, 3.05) is 6.61 Å². The van der Waals surface area contributed by atoms with Gasteiger partial charge in [-0.25, -0.2) is 4.68 Å². The molecule has 0 aliphatic rings. The van der Waals surface area contributed by atoms with E-state index in [1.165, 1.54) is 0 Å². The van der Waals surface area contributed by atoms with Gasteiger partial charge in [0.15, 0.2) is 0 Å². The number of nitrogens with one attached hydrogen (secondary N) is 1. The molecule has 84 valence electrons. The van der Waals surface area contributed by atoms with Crippen molar-refractivity contribution in [1.29, 1.82) is 0 Å². The van der Waals surface area contributed by atoms with Crippen LogP contribution in [0.15, 0.2) is 24.3 Å². The first-order valence-corrected chi connectivity index (χ1v) is 5.45. The number of rotatable bonds is 4. The number of tetrazole rings is 1. The van der Waals surface area contributed by atoms with Gasteiger partial charge in [-0.1, -0.05) is 17.2 Å². The minimum atomic E-state index is 0.405. The molecule has 0 aliphatic carbocycles. The van der Waals surface area contributed by atoms with Crippen LogP contribution in [0, 0.1) is 4.77 Å². The summed E-state index contributed by atoms with van der Waals surface area (Å²) < 4.78 is 7.51. The Kier molecular flexibility index (Phi) is 3.31. The minimum absolute atomic E-state index is 0.405. The van der Waals surface area contributed by atoms with E-state index in [4.69, 9.17) is 17.0 Å². The smallest absolute Gasteiger partial charge is 0.242 e. The van der Waals surface area contributed by atoms with Crippen LogP contribution in [-0.2, 0) is 0 Å². The Morgan fingerprint density at radius 3 is 2.69 bits per heavy atom. The molecule has 0 aliphatic heterocycles. The highest BCUT2D eigenvalue weighted by Gasteiger charge is 1.99. The molecule has 5 nitrogen and oxygen atoms in total. The fourth-order valence-electron chi connectivity index (χ4n) is 1.28. The lowest BCUT2D eigenvalue weighted by Gasteiger charge is -2.05. The zero-order valence-corrected chi connectivity index (χ0v) is 9.70. The Bertz CT molecular complexity index is 502. The molecule has 0 spiro atoms. The molecule has 16 heavy (non-hydrogen) atoms. The Morgan fingerprint density at radius 2 is 2.12 bits per heavy atom. The van der Waals surface area contributed by atoms with Gasteiger partial charge in [0.1, 0.15) is 5.75 Å². The second-order valence-electron chi connectivity index (χ2n) is 3.26. The van der Waals surface area contributed by atoms with Crippen molar-refractivity contribution < 1.29 is 4.74 Å². The van der Waals surface area contributed by atoms with Gasteiger partial charge in [0.2, 0.25) is 4.77 Å². The minimum Gasteiger partial charge on any atom is -0.494 e. The van der Waals surface area contributed by atoms with Gasteiger partial charge in [0.05, 0.1) is 12.3 Å². The molecule has 0 amide bonds. The lowest BCUT2D eigenvalue weighted by molar-refractivity contribution is 0.317. The predicted molar refractivity (Wildman–Crippen MR) is 62.3 cm³/mol. The predicted octanol–water partition coefficient (Wildman–Crippen LogP) is 2.11. The van der Waals surface area contributed by atoms with Crippen molar-refractivity contribution in [1.82, 2.24) is 20.2 Å². The Balaban J connectivity index is 2.20. The molecule has 0 unspecified atom stereocenters. The molecule has 0 saturated carbocycles. The van der Waals surface area contributed by atoms with E-state index in [2.05, 4.69) is 22.4 Å². The molecule has 6 heteroatoms. The van der Waals surface area contributed by atoms with Crippen LogP contribution >= 0.6 is 12.2 Å². The summed E-state index contributed by atoms with van der Waals surface area (Å²) in [5.74, 6) is 0.851. The number of hydrogen-bond donors (Lipinski definition) is 1. The van der Waals surface area contributed by atoms with Crippen LogP contribution in [0.5, 0.6) is 5.75 Å². The number of benzene rings is 1. The molecule has 1 N–H and O–H groups in total. The van der Waals surface area contributed by atoms with Crippen molar-refractivity contribution >= 4 is 12.2 Å². The monoisotopic (exact) mass is 236 g/mol. The lowest BCUT2D eigenvalue weighted by Crippen LogP contribution is -1.98. The number of ether oxygens (including phenoxy) is 1. The molecule has 0 radical (unpaired) electrons. The molecule has 0 atom stereocenters. The Hall–Kier alpha value is -1.69. The summed E-state index contributed by atoms with van der Waals surface area (Å²) in [4.78, 5) is 0. The number of nitrogens with zero attached hydrogens (tertiary/aromatic N) is 3. The van der Waals surface area contributed by atoms with Crippen molar-refractivity contribution in [3.8, 4) is 11.4 Å². The van der Waals surface area contributed by atoms with Gasteiger partial charge in [-0.15, -0.1) is 0 Å². The second-order valence-corrected chi connectivity index (χ2v) is 3.63. The summed E-state index contributed by atoms with van der Waals surface area (Å²) >= 11 is 5.00. The molecule has 0 fully saturated rings. The zero-order valence-electron chi connectivity index (χ0n) is 8.88. The van der Waals surface area contributed by atoms with Gasteiger partial charge in [-0.2, -0.15) is 5.21 Å². The molecule has 1 aromatic heterocycles. The summed E-state index contributed by atoms with van der Waals surface area (Å²) in [6.45, 7) is 2.80. The molecule has 0 bridgehead atoms. The molecule has 1 heterocycles. The quantitative estimate of drug-likeness (QED) is 0.826. The summed E-state index contributed by atoms with van der Waals surface area (Å²) in [5, 5.41) is 10.0. The average Bonchev–Trinajstić information content (AvgIpc) is 2.74. The van der Waals surface area contributed by atoms with E-state index >= 15 is 0 Å². The van der Waals surface area contributed by atoms with Crippen molar-refractivity contribution in [3.05, 3.63) is 29.0 Å². The van der Waals surface area contributed by atoms with E-state index in [1.807, 2.05) is 24.3 Å². The largest absolute Gasteiger partial charge is 0.494 e. The number of H-pyrrole nitrogens is 1. The van der Waals surface area contributed by atoms with Gasteiger partial charge in [-0.3, -0.25) is 0 Å². The average molecular weight is 236 g/mol. The van der Waals surface area contributed by atoms with E-state index in [1.54, 1.807) is 4.68 Å².